The molecule has 1 aromatic rings. The topological polar surface area (TPSA) is 55.6 Å². The van der Waals surface area contributed by atoms with E-state index in [1.54, 1.807) is 0 Å². The van der Waals surface area contributed by atoms with E-state index in [1.807, 2.05) is 30.0 Å². The second kappa shape index (κ2) is 5.44. The van der Waals surface area contributed by atoms with Crippen molar-refractivity contribution in [1.29, 1.82) is 0 Å². The Morgan fingerprint density at radius 2 is 2.35 bits per heavy atom. The molecule has 0 aromatic heterocycles. The first-order chi connectivity index (χ1) is 9.65. The van der Waals surface area contributed by atoms with Crippen LogP contribution in [0.15, 0.2) is 18.2 Å². The van der Waals surface area contributed by atoms with Gasteiger partial charge in [0.1, 0.15) is 5.75 Å². The molecule has 0 bridgehead atoms. The average molecular weight is 274 g/mol. The highest BCUT2D eigenvalue weighted by Crippen LogP contribution is 2.27. The maximum atomic E-state index is 12.6. The van der Waals surface area contributed by atoms with Crippen LogP contribution in [-0.2, 0) is 6.42 Å². The fraction of sp³-hybridized carbons (Fsp3) is 0.562. The molecule has 2 atom stereocenters. The van der Waals surface area contributed by atoms with Crippen LogP contribution in [0.3, 0.4) is 0 Å². The van der Waals surface area contributed by atoms with Gasteiger partial charge in [0.2, 0.25) is 0 Å². The van der Waals surface area contributed by atoms with Gasteiger partial charge in [0.25, 0.3) is 5.91 Å². The highest BCUT2D eigenvalue weighted by molar-refractivity contribution is 5.94. The predicted molar refractivity (Wildman–Crippen MR) is 77.9 cm³/mol. The van der Waals surface area contributed by atoms with Crippen molar-refractivity contribution in [2.45, 2.75) is 32.2 Å². The lowest BCUT2D eigenvalue weighted by atomic mass is 9.91. The Kier molecular flexibility index (Phi) is 3.66. The number of hydrogen-bond acceptors (Lipinski definition) is 3. The van der Waals surface area contributed by atoms with Crippen molar-refractivity contribution in [3.05, 3.63) is 29.3 Å². The van der Waals surface area contributed by atoms with Crippen LogP contribution in [0.1, 0.15) is 35.7 Å². The number of carbonyl (C=O) groups is 1. The summed E-state index contributed by atoms with van der Waals surface area (Å²) in [4.78, 5) is 14.6. The normalized spacial score (nSPS) is 23.1. The zero-order chi connectivity index (χ0) is 14.1. The Morgan fingerprint density at radius 3 is 3.15 bits per heavy atom. The highest BCUT2D eigenvalue weighted by atomic mass is 16.5. The molecule has 0 spiro atoms. The number of nitrogens with zero attached hydrogens (tertiary/aromatic N) is 1. The number of likely N-dealkylation sites (tertiary alicyclic amines) is 1. The van der Waals surface area contributed by atoms with Gasteiger partial charge in [-0.25, -0.2) is 0 Å². The van der Waals surface area contributed by atoms with E-state index in [4.69, 9.17) is 10.5 Å². The van der Waals surface area contributed by atoms with Gasteiger partial charge in [-0.1, -0.05) is 0 Å². The molecule has 2 aliphatic rings. The minimum Gasteiger partial charge on any atom is -0.493 e. The Bertz CT molecular complexity index is 513. The Hall–Kier alpha value is -1.55. The summed E-state index contributed by atoms with van der Waals surface area (Å²) >= 11 is 0. The summed E-state index contributed by atoms with van der Waals surface area (Å²) in [6, 6.07) is 5.93. The molecule has 3 rings (SSSR count). The summed E-state index contributed by atoms with van der Waals surface area (Å²) in [7, 11) is 0. The van der Waals surface area contributed by atoms with Crippen LogP contribution in [0.4, 0.5) is 0 Å². The molecule has 2 N–H and O–H groups in total. The maximum Gasteiger partial charge on any atom is 0.253 e. The second-order valence-corrected chi connectivity index (χ2v) is 5.93. The molecule has 2 unspecified atom stereocenters. The summed E-state index contributed by atoms with van der Waals surface area (Å²) < 4.78 is 5.49. The Labute approximate surface area is 119 Å². The zero-order valence-electron chi connectivity index (χ0n) is 12.0. The molecular weight excluding hydrogens is 252 g/mol. The van der Waals surface area contributed by atoms with Crippen LogP contribution in [0.25, 0.3) is 0 Å². The number of amides is 1. The number of benzene rings is 1. The minimum atomic E-state index is 0.130. The van der Waals surface area contributed by atoms with Gasteiger partial charge in [-0.15, -0.1) is 0 Å². The third-order valence-electron chi connectivity index (χ3n) is 4.43. The van der Waals surface area contributed by atoms with E-state index in [0.717, 1.165) is 55.8 Å². The lowest BCUT2D eigenvalue weighted by Gasteiger charge is -2.34. The smallest absolute Gasteiger partial charge is 0.253 e. The Morgan fingerprint density at radius 1 is 1.50 bits per heavy atom. The van der Waals surface area contributed by atoms with E-state index < -0.39 is 0 Å². The molecule has 0 aliphatic carbocycles. The molecule has 1 amide bonds. The molecule has 1 fully saturated rings. The van der Waals surface area contributed by atoms with Crippen molar-refractivity contribution in [3.8, 4) is 5.75 Å². The van der Waals surface area contributed by atoms with Gasteiger partial charge >= 0.3 is 0 Å². The van der Waals surface area contributed by atoms with Crippen LogP contribution in [-0.4, -0.2) is 36.5 Å². The Balaban J connectivity index is 1.75. The van der Waals surface area contributed by atoms with Crippen molar-refractivity contribution in [3.63, 3.8) is 0 Å². The van der Waals surface area contributed by atoms with E-state index in [-0.39, 0.29) is 11.9 Å². The fourth-order valence-corrected chi connectivity index (χ4v) is 3.13. The van der Waals surface area contributed by atoms with Gasteiger partial charge in [-0.05, 0) is 49.4 Å². The van der Waals surface area contributed by atoms with Crippen molar-refractivity contribution in [1.82, 2.24) is 4.90 Å². The van der Waals surface area contributed by atoms with Crippen LogP contribution in [0.5, 0.6) is 5.75 Å². The molecule has 0 saturated carbocycles. The van der Waals surface area contributed by atoms with Crippen molar-refractivity contribution >= 4 is 5.91 Å². The summed E-state index contributed by atoms with van der Waals surface area (Å²) in [5.41, 5.74) is 7.91. The predicted octanol–water partition coefficient (Wildman–Crippen LogP) is 1.82. The van der Waals surface area contributed by atoms with Gasteiger partial charge in [0.15, 0.2) is 0 Å². The third kappa shape index (κ3) is 2.52. The van der Waals surface area contributed by atoms with E-state index >= 15 is 0 Å². The number of carbonyl (C=O) groups excluding carboxylic acids is 1. The molecule has 0 radical (unpaired) electrons. The molecule has 20 heavy (non-hydrogen) atoms. The largest absolute Gasteiger partial charge is 0.493 e. The monoisotopic (exact) mass is 274 g/mol. The highest BCUT2D eigenvalue weighted by Gasteiger charge is 2.27. The second-order valence-electron chi connectivity index (χ2n) is 5.93. The van der Waals surface area contributed by atoms with Crippen LogP contribution in [0.2, 0.25) is 0 Å². The molecule has 4 nitrogen and oxygen atoms in total. The summed E-state index contributed by atoms with van der Waals surface area (Å²) in [5.74, 6) is 1.48. The zero-order valence-corrected chi connectivity index (χ0v) is 12.0. The van der Waals surface area contributed by atoms with E-state index in [1.165, 1.54) is 0 Å². The maximum absolute atomic E-state index is 12.6. The lowest BCUT2D eigenvalue weighted by molar-refractivity contribution is 0.0661. The van der Waals surface area contributed by atoms with Crippen molar-refractivity contribution in [2.24, 2.45) is 11.7 Å². The van der Waals surface area contributed by atoms with Gasteiger partial charge in [0.05, 0.1) is 6.61 Å². The van der Waals surface area contributed by atoms with Gasteiger partial charge in [-0.2, -0.15) is 0 Å². The number of fused-ring (bicyclic) bond motifs is 1. The SMILES string of the molecule is CC(N)C1CCCN(C(=O)c2ccc3c(c2)CCO3)C1. The fourth-order valence-electron chi connectivity index (χ4n) is 3.13. The first-order valence-corrected chi connectivity index (χ1v) is 7.46. The summed E-state index contributed by atoms with van der Waals surface area (Å²) in [6.07, 6.45) is 3.07. The van der Waals surface area contributed by atoms with Crippen LogP contribution >= 0.6 is 0 Å². The number of hydrogen-bond donors (Lipinski definition) is 1. The first kappa shape index (κ1) is 13.4. The van der Waals surface area contributed by atoms with Gasteiger partial charge in [0, 0.05) is 31.1 Å². The van der Waals surface area contributed by atoms with Gasteiger partial charge < -0.3 is 15.4 Å². The summed E-state index contributed by atoms with van der Waals surface area (Å²) in [6.45, 7) is 4.38. The molecule has 108 valence electrons. The number of nitrogens with two attached hydrogens (primary N) is 1. The van der Waals surface area contributed by atoms with Gasteiger partial charge in [-0.3, -0.25) is 4.79 Å². The van der Waals surface area contributed by atoms with Crippen LogP contribution in [0, 0.1) is 5.92 Å². The van der Waals surface area contributed by atoms with E-state index in [9.17, 15) is 4.79 Å². The molecule has 1 aromatic carbocycles. The molecule has 4 heteroatoms. The summed E-state index contributed by atoms with van der Waals surface area (Å²) in [5, 5.41) is 0. The molecule has 1 saturated heterocycles. The van der Waals surface area contributed by atoms with Crippen molar-refractivity contribution < 1.29 is 9.53 Å². The first-order valence-electron chi connectivity index (χ1n) is 7.46. The lowest BCUT2D eigenvalue weighted by Crippen LogP contribution is -2.45. The number of ether oxygens (including phenoxy) is 1. The number of piperidine rings is 1. The van der Waals surface area contributed by atoms with Crippen molar-refractivity contribution in [2.75, 3.05) is 19.7 Å². The quantitative estimate of drug-likeness (QED) is 0.895. The standard InChI is InChI=1S/C16H22N2O2/c1-11(17)14-3-2-7-18(10-14)16(19)13-4-5-15-12(9-13)6-8-20-15/h4-5,9,11,14H,2-3,6-8,10,17H2,1H3. The average Bonchev–Trinajstić information content (AvgIpc) is 2.94. The minimum absolute atomic E-state index is 0.130. The molecule has 2 aliphatic heterocycles. The third-order valence-corrected chi connectivity index (χ3v) is 4.43. The number of rotatable bonds is 2. The van der Waals surface area contributed by atoms with E-state index in [0.29, 0.717) is 5.92 Å². The molecular formula is C16H22N2O2. The van der Waals surface area contributed by atoms with Crippen LogP contribution < -0.4 is 10.5 Å². The van der Waals surface area contributed by atoms with E-state index in [2.05, 4.69) is 0 Å². The molecule has 2 heterocycles.